The molecule has 7 heteroatoms. The van der Waals surface area contributed by atoms with Crippen molar-refractivity contribution in [3.8, 4) is 0 Å². The number of nitrogens with zero attached hydrogens (tertiary/aromatic N) is 3. The second-order valence-electron chi connectivity index (χ2n) is 5.92. The predicted octanol–water partition coefficient (Wildman–Crippen LogP) is 6.11. The van der Waals surface area contributed by atoms with E-state index in [4.69, 9.17) is 34.8 Å². The van der Waals surface area contributed by atoms with Gasteiger partial charge in [-0.25, -0.2) is 0 Å². The smallest absolute Gasteiger partial charge is 0.0929 e. The molecule has 0 atom stereocenters. The lowest BCUT2D eigenvalue weighted by Gasteiger charge is -2.20. The molecule has 3 rings (SSSR count). The molecule has 0 unspecified atom stereocenters. The third-order valence-corrected chi connectivity index (χ3v) is 6.29. The number of halogens is 3. The van der Waals surface area contributed by atoms with E-state index in [2.05, 4.69) is 10.3 Å². The van der Waals surface area contributed by atoms with Crippen molar-refractivity contribution in [2.24, 2.45) is 5.92 Å². The summed E-state index contributed by atoms with van der Waals surface area (Å²) in [5.74, 6) is 1.43. The van der Waals surface area contributed by atoms with E-state index in [1.165, 1.54) is 32.1 Å². The Morgan fingerprint density at radius 3 is 2.48 bits per heavy atom. The van der Waals surface area contributed by atoms with Crippen LogP contribution in [0.2, 0.25) is 15.1 Å². The Morgan fingerprint density at radius 2 is 1.78 bits per heavy atom. The standard InChI is InChI=1S/C16H18Cl3N3S/c17-12-6-14(18)16(15(19)7-12)23-10-13-9-22(21-20-13)8-11-4-2-1-3-5-11/h6-7,9,11H,1-5,8,10H2. The summed E-state index contributed by atoms with van der Waals surface area (Å²) in [6, 6.07) is 3.41. The Bertz CT molecular complexity index is 645. The number of hydrogen-bond donors (Lipinski definition) is 0. The molecule has 1 aliphatic rings. The minimum atomic E-state index is 0.544. The first-order valence-corrected chi connectivity index (χ1v) is 9.90. The minimum Gasteiger partial charge on any atom is -0.252 e. The van der Waals surface area contributed by atoms with Gasteiger partial charge >= 0.3 is 0 Å². The summed E-state index contributed by atoms with van der Waals surface area (Å²) >= 11 is 19.9. The average molecular weight is 391 g/mol. The lowest BCUT2D eigenvalue weighted by molar-refractivity contribution is 0.305. The number of benzene rings is 1. The van der Waals surface area contributed by atoms with Crippen molar-refractivity contribution in [1.29, 1.82) is 0 Å². The van der Waals surface area contributed by atoms with E-state index in [0.717, 1.165) is 23.1 Å². The normalized spacial score (nSPS) is 16.0. The summed E-state index contributed by atoms with van der Waals surface area (Å²) < 4.78 is 1.97. The quantitative estimate of drug-likeness (QED) is 0.577. The van der Waals surface area contributed by atoms with Gasteiger partial charge in [-0.1, -0.05) is 59.3 Å². The SMILES string of the molecule is Clc1cc(Cl)c(SCc2cn(CC3CCCCC3)nn2)c(Cl)c1. The van der Waals surface area contributed by atoms with Crippen LogP contribution in [0.25, 0.3) is 0 Å². The minimum absolute atomic E-state index is 0.544. The summed E-state index contributed by atoms with van der Waals surface area (Å²) in [4.78, 5) is 0.833. The second kappa shape index (κ2) is 8.11. The Morgan fingerprint density at radius 1 is 1.09 bits per heavy atom. The second-order valence-corrected chi connectivity index (χ2v) is 8.16. The zero-order valence-electron chi connectivity index (χ0n) is 12.6. The van der Waals surface area contributed by atoms with Crippen LogP contribution < -0.4 is 0 Å². The van der Waals surface area contributed by atoms with Crippen LogP contribution in [0.4, 0.5) is 0 Å². The Hall–Kier alpha value is -0.420. The van der Waals surface area contributed by atoms with Gasteiger partial charge in [-0.2, -0.15) is 0 Å². The summed E-state index contributed by atoms with van der Waals surface area (Å²) in [7, 11) is 0. The highest BCUT2D eigenvalue weighted by atomic mass is 35.5. The fraction of sp³-hybridized carbons (Fsp3) is 0.500. The van der Waals surface area contributed by atoms with E-state index >= 15 is 0 Å². The van der Waals surface area contributed by atoms with Gasteiger partial charge in [0, 0.05) is 28.4 Å². The molecule has 1 aromatic heterocycles. The van der Waals surface area contributed by atoms with Crippen molar-refractivity contribution in [1.82, 2.24) is 15.0 Å². The molecule has 124 valence electrons. The molecule has 1 heterocycles. The molecule has 0 spiro atoms. The van der Waals surface area contributed by atoms with Gasteiger partial charge in [0.25, 0.3) is 0 Å². The van der Waals surface area contributed by atoms with Gasteiger partial charge in [0.05, 0.1) is 15.7 Å². The molecule has 0 bridgehead atoms. The number of hydrogen-bond acceptors (Lipinski definition) is 3. The van der Waals surface area contributed by atoms with E-state index in [1.54, 1.807) is 23.9 Å². The third kappa shape index (κ3) is 4.79. The van der Waals surface area contributed by atoms with E-state index in [-0.39, 0.29) is 0 Å². The Labute approximate surface area is 155 Å². The van der Waals surface area contributed by atoms with Crippen LogP contribution in [0.1, 0.15) is 37.8 Å². The first-order valence-electron chi connectivity index (χ1n) is 7.78. The van der Waals surface area contributed by atoms with Gasteiger partial charge in [0.1, 0.15) is 0 Å². The van der Waals surface area contributed by atoms with Crippen LogP contribution in [0.15, 0.2) is 23.2 Å². The van der Waals surface area contributed by atoms with Crippen LogP contribution in [-0.2, 0) is 12.3 Å². The van der Waals surface area contributed by atoms with Gasteiger partial charge in [0.15, 0.2) is 0 Å². The summed E-state index contributed by atoms with van der Waals surface area (Å²) in [5.41, 5.74) is 0.938. The van der Waals surface area contributed by atoms with Crippen molar-refractivity contribution in [3.05, 3.63) is 39.1 Å². The van der Waals surface area contributed by atoms with Gasteiger partial charge in [-0.3, -0.25) is 4.68 Å². The highest BCUT2D eigenvalue weighted by Crippen LogP contribution is 2.37. The number of aromatic nitrogens is 3. The molecule has 1 fully saturated rings. The maximum atomic E-state index is 6.20. The van der Waals surface area contributed by atoms with Crippen LogP contribution >= 0.6 is 46.6 Å². The molecule has 0 N–H and O–H groups in total. The molecule has 1 aliphatic carbocycles. The Kier molecular flexibility index (Phi) is 6.13. The van der Waals surface area contributed by atoms with E-state index < -0.39 is 0 Å². The molecule has 2 aromatic rings. The lowest BCUT2D eigenvalue weighted by atomic mass is 9.89. The fourth-order valence-corrected chi connectivity index (χ4v) is 4.90. The van der Waals surface area contributed by atoms with Crippen molar-refractivity contribution in [3.63, 3.8) is 0 Å². The van der Waals surface area contributed by atoms with Crippen LogP contribution in [0, 0.1) is 5.92 Å². The topological polar surface area (TPSA) is 30.7 Å². The predicted molar refractivity (Wildman–Crippen MR) is 97.6 cm³/mol. The van der Waals surface area contributed by atoms with Gasteiger partial charge in [0.2, 0.25) is 0 Å². The zero-order chi connectivity index (χ0) is 16.2. The van der Waals surface area contributed by atoms with Crippen LogP contribution in [0.3, 0.4) is 0 Å². The highest BCUT2D eigenvalue weighted by molar-refractivity contribution is 7.98. The van der Waals surface area contributed by atoms with Crippen molar-refractivity contribution in [2.45, 2.75) is 49.3 Å². The molecule has 1 aromatic carbocycles. The first-order chi connectivity index (χ1) is 11.1. The fourth-order valence-electron chi connectivity index (χ4n) is 2.94. The summed E-state index contributed by atoms with van der Waals surface area (Å²) in [6.07, 6.45) is 8.70. The first kappa shape index (κ1) is 17.4. The number of thioether (sulfide) groups is 1. The monoisotopic (exact) mass is 389 g/mol. The highest BCUT2D eigenvalue weighted by Gasteiger charge is 2.15. The molecule has 0 saturated heterocycles. The van der Waals surface area contributed by atoms with E-state index in [9.17, 15) is 0 Å². The van der Waals surface area contributed by atoms with Gasteiger partial charge in [-0.15, -0.1) is 16.9 Å². The summed E-state index contributed by atoms with van der Waals surface area (Å²) in [5, 5.41) is 10.2. The van der Waals surface area contributed by atoms with Gasteiger partial charge < -0.3 is 0 Å². The van der Waals surface area contributed by atoms with Gasteiger partial charge in [-0.05, 0) is 30.9 Å². The lowest BCUT2D eigenvalue weighted by Crippen LogP contribution is -2.14. The largest absolute Gasteiger partial charge is 0.252 e. The molecular weight excluding hydrogens is 373 g/mol. The molecular formula is C16H18Cl3N3S. The summed E-state index contributed by atoms with van der Waals surface area (Å²) in [6.45, 7) is 0.972. The number of rotatable bonds is 5. The molecule has 3 nitrogen and oxygen atoms in total. The van der Waals surface area contributed by atoms with Crippen molar-refractivity contribution < 1.29 is 0 Å². The molecule has 23 heavy (non-hydrogen) atoms. The molecule has 0 amide bonds. The third-order valence-electron chi connectivity index (χ3n) is 4.08. The maximum Gasteiger partial charge on any atom is 0.0929 e. The molecule has 0 radical (unpaired) electrons. The van der Waals surface area contributed by atoms with Crippen LogP contribution in [-0.4, -0.2) is 15.0 Å². The van der Waals surface area contributed by atoms with E-state index in [0.29, 0.717) is 20.8 Å². The van der Waals surface area contributed by atoms with Crippen molar-refractivity contribution in [2.75, 3.05) is 0 Å². The zero-order valence-corrected chi connectivity index (χ0v) is 15.7. The molecule has 0 aliphatic heterocycles. The average Bonchev–Trinajstić information content (AvgIpc) is 2.94. The maximum absolute atomic E-state index is 6.20. The Balaban J connectivity index is 1.59. The van der Waals surface area contributed by atoms with E-state index in [1.807, 2.05) is 10.9 Å². The van der Waals surface area contributed by atoms with Crippen LogP contribution in [0.5, 0.6) is 0 Å². The molecule has 1 saturated carbocycles. The van der Waals surface area contributed by atoms with Crippen molar-refractivity contribution >= 4 is 46.6 Å².